The summed E-state index contributed by atoms with van der Waals surface area (Å²) in [4.78, 5) is 12.5. The van der Waals surface area contributed by atoms with Crippen LogP contribution in [0.2, 0.25) is 10.0 Å². The summed E-state index contributed by atoms with van der Waals surface area (Å²) in [6.07, 6.45) is 1.53. The Morgan fingerprint density at radius 2 is 2.11 bits per heavy atom. The molecule has 1 aromatic carbocycles. The first-order valence-electron chi connectivity index (χ1n) is 7.80. The third-order valence-corrected chi connectivity index (χ3v) is 4.84. The number of aromatic nitrogens is 6. The number of halogens is 2. The van der Waals surface area contributed by atoms with Crippen LogP contribution in [0, 0.1) is 0 Å². The minimum Gasteiger partial charge on any atom is -0.463 e. The molecule has 2 N–H and O–H groups in total. The molecule has 134 valence electrons. The van der Waals surface area contributed by atoms with Gasteiger partial charge in [-0.2, -0.15) is 9.78 Å². The molecule has 0 radical (unpaired) electrons. The molecule has 4 heterocycles. The molecular formula is C16H9Cl2N7O2. The molecule has 0 saturated carbocycles. The Labute approximate surface area is 160 Å². The molecule has 0 fully saturated rings. The van der Waals surface area contributed by atoms with E-state index >= 15 is 0 Å². The third-order valence-electron chi connectivity index (χ3n) is 4.28. The summed E-state index contributed by atoms with van der Waals surface area (Å²) in [6.45, 7) is 0. The van der Waals surface area contributed by atoms with Crippen molar-refractivity contribution < 1.29 is 4.42 Å². The Morgan fingerprint density at radius 3 is 2.89 bits per heavy atom. The molecule has 0 amide bonds. The van der Waals surface area contributed by atoms with Gasteiger partial charge in [0.2, 0.25) is 5.95 Å². The standard InChI is InChI=1S/C16H9Cl2N7O2/c17-7-3-4-8(9(18)6-7)14-11-12(10-2-1-5-27-10)20-21-15(26)13(11)19-16-22-23-24-25(14)16/h1-6,14H,(H,21,26)(H,19,22,24)/t14-/m0/s1. The fourth-order valence-electron chi connectivity index (χ4n) is 3.15. The Balaban J connectivity index is 1.86. The quantitative estimate of drug-likeness (QED) is 0.467. The number of benzene rings is 1. The van der Waals surface area contributed by atoms with E-state index in [1.807, 2.05) is 0 Å². The number of rotatable bonds is 2. The van der Waals surface area contributed by atoms with Crippen LogP contribution in [0.5, 0.6) is 0 Å². The van der Waals surface area contributed by atoms with Crippen LogP contribution >= 0.6 is 23.2 Å². The molecule has 0 bridgehead atoms. The van der Waals surface area contributed by atoms with Gasteiger partial charge in [-0.3, -0.25) is 4.79 Å². The lowest BCUT2D eigenvalue weighted by Gasteiger charge is -2.27. The number of H-pyrrole nitrogens is 1. The molecule has 1 atom stereocenters. The van der Waals surface area contributed by atoms with E-state index in [0.717, 1.165) is 0 Å². The summed E-state index contributed by atoms with van der Waals surface area (Å²) >= 11 is 12.5. The molecule has 4 aromatic rings. The predicted octanol–water partition coefficient (Wildman–Crippen LogP) is 3.02. The first-order valence-corrected chi connectivity index (χ1v) is 8.55. The maximum absolute atomic E-state index is 12.5. The van der Waals surface area contributed by atoms with E-state index in [1.54, 1.807) is 30.3 Å². The number of hydrogen-bond donors (Lipinski definition) is 2. The second-order valence-corrected chi connectivity index (χ2v) is 6.65. The molecule has 1 aliphatic rings. The van der Waals surface area contributed by atoms with Crippen molar-refractivity contribution in [3.05, 3.63) is 68.1 Å². The molecule has 0 saturated heterocycles. The smallest absolute Gasteiger partial charge is 0.288 e. The van der Waals surface area contributed by atoms with Gasteiger partial charge in [0.1, 0.15) is 17.4 Å². The highest BCUT2D eigenvalue weighted by Crippen LogP contribution is 2.43. The summed E-state index contributed by atoms with van der Waals surface area (Å²) in [5.74, 6) is 0.788. The minimum absolute atomic E-state index is 0.273. The lowest BCUT2D eigenvalue weighted by Crippen LogP contribution is -2.29. The molecule has 5 rings (SSSR count). The van der Waals surface area contributed by atoms with Gasteiger partial charge in [0.05, 0.1) is 6.26 Å². The van der Waals surface area contributed by atoms with Crippen LogP contribution in [0.15, 0.2) is 45.8 Å². The molecule has 11 heteroatoms. The second-order valence-electron chi connectivity index (χ2n) is 5.81. The summed E-state index contributed by atoms with van der Waals surface area (Å²) in [6, 6.07) is 7.97. The van der Waals surface area contributed by atoms with Crippen molar-refractivity contribution in [3.63, 3.8) is 0 Å². The van der Waals surface area contributed by atoms with Gasteiger partial charge in [-0.25, -0.2) is 5.10 Å². The zero-order valence-corrected chi connectivity index (χ0v) is 14.9. The van der Waals surface area contributed by atoms with E-state index in [9.17, 15) is 4.79 Å². The maximum Gasteiger partial charge on any atom is 0.288 e. The highest BCUT2D eigenvalue weighted by Gasteiger charge is 2.35. The van der Waals surface area contributed by atoms with Crippen molar-refractivity contribution in [1.29, 1.82) is 0 Å². The molecule has 27 heavy (non-hydrogen) atoms. The Hall–Kier alpha value is -3.17. The topological polar surface area (TPSA) is 115 Å². The molecule has 0 aliphatic carbocycles. The second kappa shape index (κ2) is 5.93. The zero-order valence-electron chi connectivity index (χ0n) is 13.3. The van der Waals surface area contributed by atoms with Crippen LogP contribution < -0.4 is 10.9 Å². The molecule has 0 unspecified atom stereocenters. The van der Waals surface area contributed by atoms with Crippen LogP contribution in [0.25, 0.3) is 11.5 Å². The van der Waals surface area contributed by atoms with Crippen LogP contribution in [-0.2, 0) is 0 Å². The van der Waals surface area contributed by atoms with Gasteiger partial charge < -0.3 is 9.73 Å². The monoisotopic (exact) mass is 401 g/mol. The first-order chi connectivity index (χ1) is 13.1. The number of hydrogen-bond acceptors (Lipinski definition) is 7. The number of nitrogens with one attached hydrogen (secondary N) is 2. The number of fused-ring (bicyclic) bond motifs is 2. The summed E-state index contributed by atoms with van der Waals surface area (Å²) < 4.78 is 7.03. The van der Waals surface area contributed by atoms with E-state index in [0.29, 0.717) is 38.6 Å². The van der Waals surface area contributed by atoms with Gasteiger partial charge in [0, 0.05) is 21.2 Å². The van der Waals surface area contributed by atoms with Gasteiger partial charge in [0.25, 0.3) is 5.56 Å². The fourth-order valence-corrected chi connectivity index (χ4v) is 3.66. The van der Waals surface area contributed by atoms with E-state index in [4.69, 9.17) is 27.6 Å². The zero-order chi connectivity index (χ0) is 18.5. The highest BCUT2D eigenvalue weighted by molar-refractivity contribution is 6.35. The molecule has 3 aromatic heterocycles. The van der Waals surface area contributed by atoms with Crippen molar-refractivity contribution in [2.24, 2.45) is 0 Å². The Bertz CT molecular complexity index is 1220. The van der Waals surface area contributed by atoms with Crippen molar-refractivity contribution >= 4 is 34.8 Å². The SMILES string of the molecule is O=c1[nH]nc(-c2ccco2)c2c1Nc1nnnn1[C@H]2c1ccc(Cl)cc1Cl. The summed E-state index contributed by atoms with van der Waals surface area (Å²) in [5, 5.41) is 22.2. The number of tetrazole rings is 1. The van der Waals surface area contributed by atoms with Crippen molar-refractivity contribution in [2.45, 2.75) is 6.04 Å². The lowest BCUT2D eigenvalue weighted by atomic mass is 9.94. The number of aromatic amines is 1. The largest absolute Gasteiger partial charge is 0.463 e. The summed E-state index contributed by atoms with van der Waals surface area (Å²) in [5.41, 5.74) is 1.51. The highest BCUT2D eigenvalue weighted by atomic mass is 35.5. The van der Waals surface area contributed by atoms with Crippen LogP contribution in [0.3, 0.4) is 0 Å². The van der Waals surface area contributed by atoms with Gasteiger partial charge in [0.15, 0.2) is 5.76 Å². The minimum atomic E-state index is -0.606. The lowest BCUT2D eigenvalue weighted by molar-refractivity contribution is 0.554. The average Bonchev–Trinajstić information content (AvgIpc) is 3.33. The van der Waals surface area contributed by atoms with Gasteiger partial charge in [-0.05, 0) is 34.7 Å². The van der Waals surface area contributed by atoms with Crippen molar-refractivity contribution in [2.75, 3.05) is 5.32 Å². The number of anilines is 2. The van der Waals surface area contributed by atoms with E-state index in [2.05, 4.69) is 31.0 Å². The van der Waals surface area contributed by atoms with Crippen LogP contribution in [-0.4, -0.2) is 30.4 Å². The molecule has 0 spiro atoms. The van der Waals surface area contributed by atoms with E-state index in [-0.39, 0.29) is 5.69 Å². The fraction of sp³-hybridized carbons (Fsp3) is 0.0625. The van der Waals surface area contributed by atoms with Crippen LogP contribution in [0.4, 0.5) is 11.6 Å². The average molecular weight is 402 g/mol. The third kappa shape index (κ3) is 2.43. The molecule has 9 nitrogen and oxygen atoms in total. The van der Waals surface area contributed by atoms with E-state index in [1.165, 1.54) is 10.9 Å². The number of nitrogens with zero attached hydrogens (tertiary/aromatic N) is 5. The van der Waals surface area contributed by atoms with Crippen molar-refractivity contribution in [1.82, 2.24) is 30.4 Å². The van der Waals surface area contributed by atoms with Crippen molar-refractivity contribution in [3.8, 4) is 11.5 Å². The predicted molar refractivity (Wildman–Crippen MR) is 97.4 cm³/mol. The Kier molecular flexibility index (Phi) is 3.52. The maximum atomic E-state index is 12.5. The van der Waals surface area contributed by atoms with Crippen LogP contribution in [0.1, 0.15) is 17.2 Å². The van der Waals surface area contributed by atoms with E-state index < -0.39 is 11.6 Å². The van der Waals surface area contributed by atoms with Gasteiger partial charge in [-0.15, -0.1) is 0 Å². The molecular weight excluding hydrogens is 393 g/mol. The Morgan fingerprint density at radius 1 is 1.22 bits per heavy atom. The van der Waals surface area contributed by atoms with Gasteiger partial charge in [-0.1, -0.05) is 34.4 Å². The normalized spacial score (nSPS) is 15.1. The number of furan rings is 1. The molecule has 1 aliphatic heterocycles. The van der Waals surface area contributed by atoms with Gasteiger partial charge >= 0.3 is 0 Å². The first kappa shape index (κ1) is 16.0. The summed E-state index contributed by atoms with van der Waals surface area (Å²) in [7, 11) is 0.